The molecule has 2 aliphatic rings. The Balaban J connectivity index is 0.00000300. The second kappa shape index (κ2) is 9.58. The molecule has 5 nitrogen and oxygen atoms in total. The van der Waals surface area contributed by atoms with Gasteiger partial charge in [-0.2, -0.15) is 0 Å². The lowest BCUT2D eigenvalue weighted by atomic mass is 9.80. The summed E-state index contributed by atoms with van der Waals surface area (Å²) in [5.41, 5.74) is -1.90. The number of hydrogen-bond acceptors (Lipinski definition) is 4. The molecule has 0 aromatic heterocycles. The molecule has 0 amide bonds. The van der Waals surface area contributed by atoms with Gasteiger partial charge in [0.25, 0.3) is 0 Å². The molecule has 1 saturated carbocycles. The van der Waals surface area contributed by atoms with E-state index >= 15 is 0 Å². The molecule has 1 aromatic rings. The first kappa shape index (κ1) is 23.8. The van der Waals surface area contributed by atoms with Crippen molar-refractivity contribution in [2.45, 2.75) is 43.6 Å². The third kappa shape index (κ3) is 5.38. The average Bonchev–Trinajstić information content (AvgIpc) is 3.06. The van der Waals surface area contributed by atoms with E-state index in [0.29, 0.717) is 18.1 Å². The van der Waals surface area contributed by atoms with E-state index in [0.717, 1.165) is 12.8 Å². The molecule has 0 spiro atoms. The minimum atomic E-state index is -2.90. The van der Waals surface area contributed by atoms with Crippen molar-refractivity contribution in [3.8, 4) is 0 Å². The minimum Gasteiger partial charge on any atom is -0.463 e. The fraction of sp³-hybridized carbons (Fsp3) is 0.600. The van der Waals surface area contributed by atoms with E-state index in [2.05, 4.69) is 0 Å². The highest BCUT2D eigenvalue weighted by atomic mass is 35.5. The van der Waals surface area contributed by atoms with E-state index in [-0.39, 0.29) is 43.3 Å². The first-order valence-electron chi connectivity index (χ1n) is 9.53. The monoisotopic (exact) mass is 450 g/mol. The van der Waals surface area contributed by atoms with Crippen LogP contribution in [-0.2, 0) is 15.1 Å². The zero-order valence-corrected chi connectivity index (χ0v) is 17.5. The number of likely N-dealkylation sites (tertiary alicyclic amines) is 1. The normalized spacial score (nSPS) is 23.7. The van der Waals surface area contributed by atoms with Gasteiger partial charge in [-0.05, 0) is 42.9 Å². The van der Waals surface area contributed by atoms with Crippen molar-refractivity contribution >= 4 is 36.3 Å². The number of esters is 1. The summed E-state index contributed by atoms with van der Waals surface area (Å²) < 4.78 is 33.1. The number of ether oxygens (including phenoxy) is 1. The second-order valence-corrected chi connectivity index (χ2v) is 8.21. The predicted octanol–water partition coefficient (Wildman–Crippen LogP) is 4.25. The summed E-state index contributed by atoms with van der Waals surface area (Å²) in [6, 6.07) is 6.02. The number of rotatable bonds is 6. The molecule has 1 heterocycles. The van der Waals surface area contributed by atoms with Crippen molar-refractivity contribution in [1.82, 2.24) is 4.90 Å². The molecule has 162 valence electrons. The van der Waals surface area contributed by atoms with E-state index in [1.807, 2.05) is 4.90 Å². The Morgan fingerprint density at radius 2 is 1.93 bits per heavy atom. The third-order valence-corrected chi connectivity index (χ3v) is 6.12. The number of alkyl halides is 2. The van der Waals surface area contributed by atoms with Gasteiger partial charge in [0.05, 0.1) is 12.9 Å². The predicted molar refractivity (Wildman–Crippen MR) is 109 cm³/mol. The maximum absolute atomic E-state index is 13.8. The number of nitrogens with one attached hydrogen (secondary N) is 1. The van der Waals surface area contributed by atoms with Gasteiger partial charge in [-0.25, -0.2) is 13.6 Å². The van der Waals surface area contributed by atoms with Crippen LogP contribution in [0.15, 0.2) is 24.3 Å². The van der Waals surface area contributed by atoms with Gasteiger partial charge >= 0.3 is 5.97 Å². The van der Waals surface area contributed by atoms with Gasteiger partial charge in [0.15, 0.2) is 5.60 Å². The Labute approximate surface area is 180 Å². The fourth-order valence-electron chi connectivity index (χ4n) is 4.08. The minimum absolute atomic E-state index is 0. The van der Waals surface area contributed by atoms with Gasteiger partial charge in [-0.15, -0.1) is 12.4 Å². The molecule has 0 radical (unpaired) electrons. The highest BCUT2D eigenvalue weighted by molar-refractivity contribution is 6.30. The summed E-state index contributed by atoms with van der Waals surface area (Å²) >= 11 is 5.90. The Bertz CT molecular complexity index is 712. The van der Waals surface area contributed by atoms with Crippen molar-refractivity contribution in [1.29, 1.82) is 5.41 Å². The van der Waals surface area contributed by atoms with Crippen LogP contribution >= 0.6 is 24.0 Å². The van der Waals surface area contributed by atoms with Gasteiger partial charge < -0.3 is 14.7 Å². The quantitative estimate of drug-likeness (QED) is 0.386. The molecule has 1 saturated heterocycles. The topological polar surface area (TPSA) is 73.6 Å². The van der Waals surface area contributed by atoms with Crippen molar-refractivity contribution in [3.63, 3.8) is 0 Å². The highest BCUT2D eigenvalue weighted by Gasteiger charge is 2.54. The first-order valence-corrected chi connectivity index (χ1v) is 9.90. The SMILES string of the molecule is Cl.N=CN1CCC(COC(=O)[C@](O)(c2ccc(Cl)cc2)[C@@H]2CCC(F)(F)C2)CC1. The smallest absolute Gasteiger partial charge is 0.343 e. The molecule has 29 heavy (non-hydrogen) atoms. The molecular formula is C20H26Cl2F2N2O3. The van der Waals surface area contributed by atoms with Crippen LogP contribution < -0.4 is 0 Å². The number of halogens is 4. The van der Waals surface area contributed by atoms with Crippen molar-refractivity contribution in [2.75, 3.05) is 19.7 Å². The maximum Gasteiger partial charge on any atom is 0.343 e. The van der Waals surface area contributed by atoms with E-state index < -0.39 is 29.8 Å². The lowest BCUT2D eigenvalue weighted by Crippen LogP contribution is -2.45. The molecule has 3 rings (SSSR count). The third-order valence-electron chi connectivity index (χ3n) is 5.87. The maximum atomic E-state index is 13.8. The molecule has 1 aromatic carbocycles. The highest BCUT2D eigenvalue weighted by Crippen LogP contribution is 2.48. The molecule has 1 aliphatic carbocycles. The Morgan fingerprint density at radius 1 is 1.31 bits per heavy atom. The van der Waals surface area contributed by atoms with Crippen LogP contribution in [0.3, 0.4) is 0 Å². The van der Waals surface area contributed by atoms with Gasteiger partial charge in [-0.3, -0.25) is 5.41 Å². The van der Waals surface area contributed by atoms with Crippen LogP contribution in [0.2, 0.25) is 5.02 Å². The summed E-state index contributed by atoms with van der Waals surface area (Å²) in [7, 11) is 0. The first-order chi connectivity index (χ1) is 13.2. The van der Waals surface area contributed by atoms with Crippen molar-refractivity contribution < 1.29 is 23.4 Å². The van der Waals surface area contributed by atoms with Crippen LogP contribution in [0.4, 0.5) is 8.78 Å². The Hall–Kier alpha value is -1.44. The van der Waals surface area contributed by atoms with Crippen LogP contribution in [0.1, 0.15) is 37.7 Å². The van der Waals surface area contributed by atoms with E-state index in [9.17, 15) is 18.7 Å². The molecule has 0 bridgehead atoms. The zero-order chi connectivity index (χ0) is 20.4. The van der Waals surface area contributed by atoms with Crippen LogP contribution in [-0.4, -0.2) is 47.9 Å². The largest absolute Gasteiger partial charge is 0.463 e. The number of nitrogens with zero attached hydrogens (tertiary/aromatic N) is 1. The average molecular weight is 451 g/mol. The van der Waals surface area contributed by atoms with Crippen LogP contribution in [0, 0.1) is 17.2 Å². The number of benzene rings is 1. The molecule has 1 aliphatic heterocycles. The number of piperidine rings is 1. The summed E-state index contributed by atoms with van der Waals surface area (Å²) in [5, 5.41) is 19.0. The Kier molecular flexibility index (Phi) is 7.87. The zero-order valence-electron chi connectivity index (χ0n) is 16.0. The molecule has 2 N–H and O–H groups in total. The fourth-order valence-corrected chi connectivity index (χ4v) is 4.21. The van der Waals surface area contributed by atoms with Gasteiger partial charge in [-0.1, -0.05) is 23.7 Å². The lowest BCUT2D eigenvalue weighted by Gasteiger charge is -2.34. The Morgan fingerprint density at radius 3 is 2.45 bits per heavy atom. The molecule has 2 atom stereocenters. The molecule has 9 heteroatoms. The van der Waals surface area contributed by atoms with E-state index in [4.69, 9.17) is 21.7 Å². The molecule has 0 unspecified atom stereocenters. The van der Waals surface area contributed by atoms with E-state index in [1.165, 1.54) is 30.6 Å². The summed E-state index contributed by atoms with van der Waals surface area (Å²) in [6.07, 6.45) is 1.95. The number of aliphatic hydroxyl groups is 1. The van der Waals surface area contributed by atoms with Gasteiger partial charge in [0, 0.05) is 36.9 Å². The van der Waals surface area contributed by atoms with Crippen molar-refractivity contribution in [3.05, 3.63) is 34.9 Å². The van der Waals surface area contributed by atoms with Crippen LogP contribution in [0.25, 0.3) is 0 Å². The standard InChI is InChI=1S/C20H25ClF2N2O3.ClH/c21-17-3-1-15(2-4-17)20(27,16-5-8-19(22,23)11-16)18(26)28-12-14-6-9-25(13-24)10-7-14;/h1-4,13-14,16,24,27H,5-12H2;1H/t16-,20+;/m1./s1. The summed E-state index contributed by atoms with van der Waals surface area (Å²) in [6.45, 7) is 1.55. The van der Waals surface area contributed by atoms with Gasteiger partial charge in [0.1, 0.15) is 0 Å². The number of hydrogen-bond donors (Lipinski definition) is 2. The summed E-state index contributed by atoms with van der Waals surface area (Å²) in [4.78, 5) is 14.8. The van der Waals surface area contributed by atoms with Crippen LogP contribution in [0.5, 0.6) is 0 Å². The van der Waals surface area contributed by atoms with E-state index in [1.54, 1.807) is 0 Å². The number of carbonyl (C=O) groups is 1. The van der Waals surface area contributed by atoms with Crippen molar-refractivity contribution in [2.24, 2.45) is 11.8 Å². The molecular weight excluding hydrogens is 425 g/mol. The number of carbonyl (C=O) groups excluding carboxylic acids is 1. The summed E-state index contributed by atoms with van der Waals surface area (Å²) in [5.74, 6) is -4.58. The van der Waals surface area contributed by atoms with Gasteiger partial charge in [0.2, 0.25) is 5.92 Å². The molecule has 2 fully saturated rings. The lowest BCUT2D eigenvalue weighted by molar-refractivity contribution is -0.176. The second-order valence-electron chi connectivity index (χ2n) is 7.78.